The molecule has 0 unspecified atom stereocenters. The van der Waals surface area contributed by atoms with E-state index in [2.05, 4.69) is 12.8 Å². The van der Waals surface area contributed by atoms with E-state index in [-0.39, 0.29) is 6.61 Å². The van der Waals surface area contributed by atoms with Crippen LogP contribution in [0.15, 0.2) is 0 Å². The Labute approximate surface area is 63.4 Å². The van der Waals surface area contributed by atoms with Gasteiger partial charge < -0.3 is 5.11 Å². The number of nitrogens with zero attached hydrogens (tertiary/aromatic N) is 1. The Bertz CT molecular complexity index is 44.0. The molecule has 0 saturated heterocycles. The molecule has 0 heterocycles. The first-order valence-corrected chi connectivity index (χ1v) is 3.76. The van der Waals surface area contributed by atoms with Crippen molar-refractivity contribution in [3.8, 4) is 0 Å². The van der Waals surface area contributed by atoms with Crippen LogP contribution in [0.1, 0.15) is 20.8 Å². The number of rotatable bonds is 3. The predicted octanol–water partition coefficient (Wildman–Crippen LogP) is 1.17. The average Bonchev–Trinajstić information content (AvgIpc) is 1.93. The summed E-state index contributed by atoms with van der Waals surface area (Å²) in [6.07, 6.45) is 0. The third-order valence-electron chi connectivity index (χ3n) is 0.723. The molecule has 0 spiro atoms. The van der Waals surface area contributed by atoms with Crippen LogP contribution in [-0.2, 0) is 0 Å². The summed E-state index contributed by atoms with van der Waals surface area (Å²) in [5.74, 6) is 0. The molecule has 0 aliphatic rings. The maximum atomic E-state index is 8.28. The summed E-state index contributed by atoms with van der Waals surface area (Å²) < 4.78 is 1.75. The number of aliphatic hydroxyl groups excluding tert-OH is 1. The zero-order valence-corrected chi connectivity index (χ0v) is 7.36. The molecule has 0 radical (unpaired) electrons. The van der Waals surface area contributed by atoms with Crippen molar-refractivity contribution in [1.82, 2.24) is 4.31 Å². The molecule has 0 aromatic carbocycles. The van der Waals surface area contributed by atoms with E-state index >= 15 is 0 Å². The lowest BCUT2D eigenvalue weighted by Gasteiger charge is -2.07. The van der Waals surface area contributed by atoms with Crippen molar-refractivity contribution in [2.45, 2.75) is 20.8 Å². The third-order valence-corrected chi connectivity index (χ3v) is 1.21. The number of hydrogen-bond acceptors (Lipinski definition) is 3. The number of aliphatic hydroxyl groups is 1. The van der Waals surface area contributed by atoms with Crippen molar-refractivity contribution < 1.29 is 5.11 Å². The molecule has 0 bridgehead atoms. The predicted molar refractivity (Wildman–Crippen MR) is 44.7 cm³/mol. The van der Waals surface area contributed by atoms with Gasteiger partial charge in [-0.2, -0.15) is 0 Å². The molecule has 3 heteroatoms. The van der Waals surface area contributed by atoms with Gasteiger partial charge >= 0.3 is 0 Å². The molecule has 1 N–H and O–H groups in total. The highest BCUT2D eigenvalue weighted by Crippen LogP contribution is 1.87. The van der Waals surface area contributed by atoms with Crippen LogP contribution in [0.25, 0.3) is 0 Å². The van der Waals surface area contributed by atoms with Crippen molar-refractivity contribution in [2.75, 3.05) is 19.7 Å². The van der Waals surface area contributed by atoms with Crippen LogP contribution in [0, 0.1) is 0 Å². The van der Waals surface area contributed by atoms with Crippen molar-refractivity contribution in [2.24, 2.45) is 0 Å². The molecule has 0 aromatic heterocycles. The summed E-state index contributed by atoms with van der Waals surface area (Å²) >= 11 is 3.98. The zero-order valence-electron chi connectivity index (χ0n) is 6.46. The second kappa shape index (κ2) is 11.1. The van der Waals surface area contributed by atoms with Crippen LogP contribution in [0.4, 0.5) is 0 Å². The largest absolute Gasteiger partial charge is 0.395 e. The fourth-order valence-electron chi connectivity index (χ4n) is 0.274. The van der Waals surface area contributed by atoms with E-state index in [0.717, 1.165) is 6.54 Å². The first-order chi connectivity index (χ1) is 4.31. The molecule has 0 atom stereocenters. The summed E-state index contributed by atoms with van der Waals surface area (Å²) in [5, 5.41) is 8.28. The maximum Gasteiger partial charge on any atom is 0.0567 e. The van der Waals surface area contributed by atoms with Crippen molar-refractivity contribution in [1.29, 1.82) is 0 Å². The normalized spacial score (nSPS) is 8.67. The van der Waals surface area contributed by atoms with Crippen LogP contribution >= 0.6 is 12.8 Å². The van der Waals surface area contributed by atoms with Crippen LogP contribution in [0.5, 0.6) is 0 Å². The topological polar surface area (TPSA) is 23.5 Å². The van der Waals surface area contributed by atoms with Crippen LogP contribution < -0.4 is 0 Å². The molecule has 0 aromatic rings. The van der Waals surface area contributed by atoms with Gasteiger partial charge in [0.25, 0.3) is 0 Å². The smallest absolute Gasteiger partial charge is 0.0567 e. The first kappa shape index (κ1) is 12.0. The van der Waals surface area contributed by atoms with E-state index in [9.17, 15) is 0 Å². The molecular weight excluding hydrogens is 134 g/mol. The molecule has 0 saturated carbocycles. The van der Waals surface area contributed by atoms with Crippen LogP contribution in [0.3, 0.4) is 0 Å². The van der Waals surface area contributed by atoms with Crippen molar-refractivity contribution in [3.05, 3.63) is 0 Å². The Morgan fingerprint density at radius 2 is 1.89 bits per heavy atom. The average molecular weight is 151 g/mol. The Morgan fingerprint density at radius 1 is 1.44 bits per heavy atom. The van der Waals surface area contributed by atoms with Gasteiger partial charge in [0.1, 0.15) is 0 Å². The quantitative estimate of drug-likeness (QED) is 0.592. The highest BCUT2D eigenvalue weighted by molar-refractivity contribution is 7.77. The van der Waals surface area contributed by atoms with Gasteiger partial charge in [-0.1, -0.05) is 33.6 Å². The number of hydrogen-bond donors (Lipinski definition) is 2. The van der Waals surface area contributed by atoms with Gasteiger partial charge in [-0.25, -0.2) is 0 Å². The molecule has 58 valence electrons. The Balaban J connectivity index is 0. The summed E-state index contributed by atoms with van der Waals surface area (Å²) in [4.78, 5) is 0. The Kier molecular flexibility index (Phi) is 14.8. The van der Waals surface area contributed by atoms with E-state index in [1.807, 2.05) is 20.8 Å². The molecule has 0 aliphatic carbocycles. The van der Waals surface area contributed by atoms with Gasteiger partial charge in [0.2, 0.25) is 0 Å². The first-order valence-electron chi connectivity index (χ1n) is 3.36. The minimum absolute atomic E-state index is 0.192. The summed E-state index contributed by atoms with van der Waals surface area (Å²) in [5.41, 5.74) is 0. The molecule has 2 nitrogen and oxygen atoms in total. The van der Waals surface area contributed by atoms with Gasteiger partial charge in [-0.3, -0.25) is 4.31 Å². The van der Waals surface area contributed by atoms with Crippen molar-refractivity contribution in [3.63, 3.8) is 0 Å². The van der Waals surface area contributed by atoms with E-state index in [1.54, 1.807) is 4.31 Å². The van der Waals surface area contributed by atoms with Gasteiger partial charge in [0.15, 0.2) is 0 Å². The molecule has 0 aliphatic heterocycles. The van der Waals surface area contributed by atoms with Crippen molar-refractivity contribution >= 4 is 12.8 Å². The summed E-state index contributed by atoms with van der Waals surface area (Å²) in [6, 6.07) is 0. The SMILES string of the molecule is CC.CCN(S)CCO. The lowest BCUT2D eigenvalue weighted by atomic mass is 10.6. The molecule has 0 fully saturated rings. The van der Waals surface area contributed by atoms with Gasteiger partial charge in [-0.15, -0.1) is 0 Å². The molecule has 9 heavy (non-hydrogen) atoms. The standard InChI is InChI=1S/C4H11NOS.C2H6/c1-2-5(7)3-4-6;1-2/h6-7H,2-4H2,1H3;1-2H3. The van der Waals surface area contributed by atoms with E-state index in [4.69, 9.17) is 5.11 Å². The van der Waals surface area contributed by atoms with Crippen LogP contribution in [0.2, 0.25) is 0 Å². The molecular formula is C6H17NOS. The summed E-state index contributed by atoms with van der Waals surface area (Å²) in [7, 11) is 0. The molecule has 0 rings (SSSR count). The highest BCUT2D eigenvalue weighted by atomic mass is 32.1. The second-order valence-electron chi connectivity index (χ2n) is 1.27. The maximum absolute atomic E-state index is 8.28. The van der Waals surface area contributed by atoms with E-state index in [0.29, 0.717) is 6.54 Å². The lowest BCUT2D eigenvalue weighted by Crippen LogP contribution is -2.15. The number of likely N-dealkylation sites (N-methyl/N-ethyl adjacent to an activating group) is 1. The van der Waals surface area contributed by atoms with E-state index < -0.39 is 0 Å². The van der Waals surface area contributed by atoms with Crippen LogP contribution in [-0.4, -0.2) is 29.1 Å². The summed E-state index contributed by atoms with van der Waals surface area (Å²) in [6.45, 7) is 7.71. The van der Waals surface area contributed by atoms with Gasteiger partial charge in [-0.05, 0) is 0 Å². The zero-order chi connectivity index (χ0) is 7.70. The Hall–Kier alpha value is 0.270. The highest BCUT2D eigenvalue weighted by Gasteiger charge is 1.88. The van der Waals surface area contributed by atoms with Gasteiger partial charge in [0, 0.05) is 13.1 Å². The molecule has 0 amide bonds. The fraction of sp³-hybridized carbons (Fsp3) is 1.00. The lowest BCUT2D eigenvalue weighted by molar-refractivity contribution is 0.266. The van der Waals surface area contributed by atoms with E-state index in [1.165, 1.54) is 0 Å². The Morgan fingerprint density at radius 3 is 2.00 bits per heavy atom. The number of thiol groups is 1. The fourth-order valence-corrected chi connectivity index (χ4v) is 0.363. The second-order valence-corrected chi connectivity index (χ2v) is 1.84. The minimum Gasteiger partial charge on any atom is -0.395 e. The monoisotopic (exact) mass is 151 g/mol. The third kappa shape index (κ3) is 11.7. The minimum atomic E-state index is 0.192. The van der Waals surface area contributed by atoms with Gasteiger partial charge in [0.05, 0.1) is 6.61 Å².